The quantitative estimate of drug-likeness (QED) is 0.595. The van der Waals surface area contributed by atoms with Crippen LogP contribution in [0.5, 0.6) is 0 Å². The van der Waals surface area contributed by atoms with Gasteiger partial charge in [0.15, 0.2) is 0 Å². The molecule has 0 aromatic carbocycles. The van der Waals surface area contributed by atoms with Crippen molar-refractivity contribution in [1.82, 2.24) is 10.0 Å². The van der Waals surface area contributed by atoms with Crippen molar-refractivity contribution < 1.29 is 23.7 Å². The molecule has 0 aromatic heterocycles. The molecule has 1 heterocycles. The average Bonchev–Trinajstić information content (AvgIpc) is 2.92. The fourth-order valence-electron chi connectivity index (χ4n) is 2.58. The molecule has 0 spiro atoms. The van der Waals surface area contributed by atoms with Crippen molar-refractivity contribution in [2.45, 2.75) is 31.8 Å². The van der Waals surface area contributed by atoms with Gasteiger partial charge in [-0.05, 0) is 19.8 Å². The van der Waals surface area contributed by atoms with E-state index in [1.54, 1.807) is 19.2 Å². The van der Waals surface area contributed by atoms with Gasteiger partial charge in [-0.15, -0.1) is 0 Å². The second kappa shape index (κ2) is 9.94. The van der Waals surface area contributed by atoms with Crippen molar-refractivity contribution >= 4 is 6.09 Å². The summed E-state index contributed by atoms with van der Waals surface area (Å²) in [6, 6.07) is 0.0993. The van der Waals surface area contributed by atoms with Crippen molar-refractivity contribution in [2.24, 2.45) is 0 Å². The molecule has 0 saturated carbocycles. The van der Waals surface area contributed by atoms with Gasteiger partial charge in [0.2, 0.25) is 0 Å². The first kappa shape index (κ1) is 18.2. The standard InChI is InChI=1S/C14H28N2O5/c1-12(10-19-3)16(14(17)20-4)15-7-5-6-13(15)11-21-9-8-18-2/h12-13H,5-11H2,1-4H3/t12-,13+/m1/s1. The fraction of sp³-hybridized carbons (Fsp3) is 0.929. The number of hydrogen-bond acceptors (Lipinski definition) is 6. The minimum atomic E-state index is -0.358. The van der Waals surface area contributed by atoms with Gasteiger partial charge >= 0.3 is 6.09 Å². The van der Waals surface area contributed by atoms with E-state index in [-0.39, 0.29) is 18.2 Å². The Kier molecular flexibility index (Phi) is 8.60. The molecule has 1 aliphatic heterocycles. The van der Waals surface area contributed by atoms with Gasteiger partial charge in [-0.2, -0.15) is 0 Å². The number of hydrazine groups is 1. The molecule has 0 aromatic rings. The van der Waals surface area contributed by atoms with Gasteiger partial charge in [0.25, 0.3) is 0 Å². The molecule has 0 bridgehead atoms. The highest BCUT2D eigenvalue weighted by Crippen LogP contribution is 2.22. The van der Waals surface area contributed by atoms with Crippen molar-refractivity contribution in [3.05, 3.63) is 0 Å². The smallest absolute Gasteiger partial charge is 0.424 e. The number of rotatable bonds is 9. The van der Waals surface area contributed by atoms with Gasteiger partial charge in [-0.25, -0.2) is 14.8 Å². The molecule has 0 aliphatic carbocycles. The molecule has 1 aliphatic rings. The third-order valence-corrected chi connectivity index (χ3v) is 3.55. The Morgan fingerprint density at radius 2 is 2.05 bits per heavy atom. The van der Waals surface area contributed by atoms with Crippen LogP contribution in [0.3, 0.4) is 0 Å². The molecule has 0 radical (unpaired) electrons. The first-order chi connectivity index (χ1) is 10.2. The summed E-state index contributed by atoms with van der Waals surface area (Å²) < 4.78 is 20.7. The lowest BCUT2D eigenvalue weighted by Crippen LogP contribution is -2.55. The highest BCUT2D eigenvalue weighted by molar-refractivity contribution is 5.67. The van der Waals surface area contributed by atoms with Crippen molar-refractivity contribution in [3.8, 4) is 0 Å². The van der Waals surface area contributed by atoms with Gasteiger partial charge in [0.05, 0.1) is 45.6 Å². The second-order valence-electron chi connectivity index (χ2n) is 5.15. The third-order valence-electron chi connectivity index (χ3n) is 3.55. The lowest BCUT2D eigenvalue weighted by atomic mass is 10.2. The molecule has 2 atom stereocenters. The fourth-order valence-corrected chi connectivity index (χ4v) is 2.58. The van der Waals surface area contributed by atoms with E-state index in [2.05, 4.69) is 0 Å². The van der Waals surface area contributed by atoms with Crippen LogP contribution in [0.25, 0.3) is 0 Å². The number of methoxy groups -OCH3 is 3. The molecular formula is C14H28N2O5. The molecule has 1 amide bonds. The maximum Gasteiger partial charge on any atom is 0.424 e. The van der Waals surface area contributed by atoms with Crippen LogP contribution >= 0.6 is 0 Å². The Hall–Kier alpha value is -0.890. The van der Waals surface area contributed by atoms with Gasteiger partial charge in [-0.1, -0.05) is 0 Å². The molecule has 7 nitrogen and oxygen atoms in total. The second-order valence-corrected chi connectivity index (χ2v) is 5.15. The summed E-state index contributed by atoms with van der Waals surface area (Å²) in [6.07, 6.45) is 1.68. The number of carbonyl (C=O) groups is 1. The van der Waals surface area contributed by atoms with E-state index >= 15 is 0 Å². The van der Waals surface area contributed by atoms with Gasteiger partial charge in [0, 0.05) is 20.8 Å². The van der Waals surface area contributed by atoms with E-state index < -0.39 is 0 Å². The Balaban J connectivity index is 2.63. The zero-order valence-corrected chi connectivity index (χ0v) is 13.5. The summed E-state index contributed by atoms with van der Waals surface area (Å²) >= 11 is 0. The Morgan fingerprint density at radius 3 is 2.67 bits per heavy atom. The molecule has 7 heteroatoms. The van der Waals surface area contributed by atoms with Crippen molar-refractivity contribution in [2.75, 3.05) is 54.3 Å². The molecule has 1 fully saturated rings. The van der Waals surface area contributed by atoms with E-state index in [1.165, 1.54) is 7.11 Å². The predicted molar refractivity (Wildman–Crippen MR) is 78.0 cm³/mol. The van der Waals surface area contributed by atoms with Crippen LogP contribution in [0.2, 0.25) is 0 Å². The summed E-state index contributed by atoms with van der Waals surface area (Å²) in [7, 11) is 4.67. The van der Waals surface area contributed by atoms with Crippen LogP contribution < -0.4 is 0 Å². The van der Waals surface area contributed by atoms with Crippen LogP contribution in [0, 0.1) is 0 Å². The van der Waals surface area contributed by atoms with E-state index in [4.69, 9.17) is 18.9 Å². The third kappa shape index (κ3) is 5.43. The Morgan fingerprint density at radius 1 is 1.29 bits per heavy atom. The molecule has 1 saturated heterocycles. The van der Waals surface area contributed by atoms with Gasteiger partial charge in [0.1, 0.15) is 0 Å². The molecular weight excluding hydrogens is 276 g/mol. The van der Waals surface area contributed by atoms with E-state index in [9.17, 15) is 4.79 Å². The van der Waals surface area contributed by atoms with E-state index in [1.807, 2.05) is 11.9 Å². The predicted octanol–water partition coefficient (Wildman–Crippen LogP) is 1.13. The largest absolute Gasteiger partial charge is 0.452 e. The lowest BCUT2D eigenvalue weighted by molar-refractivity contribution is -0.0831. The number of ether oxygens (including phenoxy) is 4. The van der Waals surface area contributed by atoms with Crippen LogP contribution in [0.15, 0.2) is 0 Å². The molecule has 124 valence electrons. The zero-order chi connectivity index (χ0) is 15.7. The highest BCUT2D eigenvalue weighted by atomic mass is 16.6. The lowest BCUT2D eigenvalue weighted by Gasteiger charge is -2.38. The number of carbonyl (C=O) groups excluding carboxylic acids is 1. The zero-order valence-electron chi connectivity index (χ0n) is 13.5. The molecule has 1 rings (SSSR count). The van der Waals surface area contributed by atoms with Gasteiger partial charge in [-0.3, -0.25) is 0 Å². The summed E-state index contributed by atoms with van der Waals surface area (Å²) in [5.41, 5.74) is 0. The SMILES string of the molecule is COCCOC[C@@H]1CCCN1N(C(=O)OC)[C@H](C)COC. The molecule has 0 N–H and O–H groups in total. The summed E-state index contributed by atoms with van der Waals surface area (Å²) in [6.45, 7) is 4.95. The summed E-state index contributed by atoms with van der Waals surface area (Å²) in [5, 5.41) is 3.70. The molecule has 0 unspecified atom stereocenters. The minimum Gasteiger partial charge on any atom is -0.452 e. The number of nitrogens with zero attached hydrogens (tertiary/aromatic N) is 2. The summed E-state index contributed by atoms with van der Waals surface area (Å²) in [4.78, 5) is 12.1. The van der Waals surface area contributed by atoms with Crippen LogP contribution in [-0.4, -0.2) is 82.5 Å². The Bertz CT molecular complexity index is 303. The number of amides is 1. The first-order valence-electron chi connectivity index (χ1n) is 7.35. The Labute approximate surface area is 127 Å². The van der Waals surface area contributed by atoms with Crippen LogP contribution in [-0.2, 0) is 18.9 Å². The van der Waals surface area contributed by atoms with Crippen molar-refractivity contribution in [3.63, 3.8) is 0 Å². The van der Waals surface area contributed by atoms with E-state index in [0.717, 1.165) is 19.4 Å². The first-order valence-corrected chi connectivity index (χ1v) is 7.35. The summed E-state index contributed by atoms with van der Waals surface area (Å²) in [5.74, 6) is 0. The van der Waals surface area contributed by atoms with Crippen LogP contribution in [0.4, 0.5) is 4.79 Å². The van der Waals surface area contributed by atoms with E-state index in [0.29, 0.717) is 26.4 Å². The van der Waals surface area contributed by atoms with Crippen molar-refractivity contribution in [1.29, 1.82) is 0 Å². The topological polar surface area (TPSA) is 60.5 Å². The normalized spacial score (nSPS) is 20.5. The van der Waals surface area contributed by atoms with Gasteiger partial charge < -0.3 is 18.9 Å². The monoisotopic (exact) mass is 304 g/mol. The number of hydrogen-bond donors (Lipinski definition) is 0. The molecule has 21 heavy (non-hydrogen) atoms. The maximum atomic E-state index is 12.1. The average molecular weight is 304 g/mol. The highest BCUT2D eigenvalue weighted by Gasteiger charge is 2.35. The van der Waals surface area contributed by atoms with Crippen LogP contribution in [0.1, 0.15) is 19.8 Å². The minimum absolute atomic E-state index is 0.0815. The maximum absolute atomic E-state index is 12.1.